The van der Waals surface area contributed by atoms with Crippen LogP contribution in [0, 0.1) is 6.92 Å². The number of carbonyl (C=O) groups is 2. The van der Waals surface area contributed by atoms with Crippen LogP contribution in [0.2, 0.25) is 5.02 Å². The summed E-state index contributed by atoms with van der Waals surface area (Å²) in [6.45, 7) is 2.57. The Morgan fingerprint density at radius 3 is 2.69 bits per heavy atom. The van der Waals surface area contributed by atoms with E-state index in [2.05, 4.69) is 10.2 Å². The van der Waals surface area contributed by atoms with Gasteiger partial charge in [0.15, 0.2) is 6.17 Å². The SMILES string of the molecule is Cc1cc(C(=O)O)c(O)cc1C1=C2CCCCN2C(C(=O)c2c(Cl)cccc2C2CC2)N1. The number of hydrogen-bond donors (Lipinski definition) is 3. The van der Waals surface area contributed by atoms with Crippen molar-refractivity contribution in [2.45, 2.75) is 51.1 Å². The number of carboxylic acid groups (broad SMARTS) is 1. The number of nitrogens with zero attached hydrogens (tertiary/aromatic N) is 1. The van der Waals surface area contributed by atoms with Gasteiger partial charge in [-0.2, -0.15) is 0 Å². The summed E-state index contributed by atoms with van der Waals surface area (Å²) >= 11 is 6.53. The van der Waals surface area contributed by atoms with Crippen molar-refractivity contribution in [2.24, 2.45) is 0 Å². The Balaban J connectivity index is 1.55. The molecule has 2 fully saturated rings. The first-order chi connectivity index (χ1) is 15.4. The molecule has 0 aromatic heterocycles. The summed E-state index contributed by atoms with van der Waals surface area (Å²) in [4.78, 5) is 27.3. The first kappa shape index (κ1) is 20.9. The second-order valence-corrected chi connectivity index (χ2v) is 9.26. The zero-order chi connectivity index (χ0) is 22.6. The van der Waals surface area contributed by atoms with Crippen molar-refractivity contribution in [3.05, 3.63) is 68.9 Å². The van der Waals surface area contributed by atoms with Gasteiger partial charge in [-0.05, 0) is 74.3 Å². The Morgan fingerprint density at radius 2 is 1.97 bits per heavy atom. The maximum absolute atomic E-state index is 13.8. The average Bonchev–Trinajstić information content (AvgIpc) is 3.55. The molecular formula is C25H25ClN2O4. The Hall–Kier alpha value is -2.99. The van der Waals surface area contributed by atoms with Crippen molar-refractivity contribution < 1.29 is 19.8 Å². The number of fused-ring (bicyclic) bond motifs is 1. The van der Waals surface area contributed by atoms with Crippen LogP contribution in [0.5, 0.6) is 5.75 Å². The third-order valence-corrected chi connectivity index (χ3v) is 7.01. The second-order valence-electron chi connectivity index (χ2n) is 8.85. The summed E-state index contributed by atoms with van der Waals surface area (Å²) in [5, 5.41) is 23.5. The predicted octanol–water partition coefficient (Wildman–Crippen LogP) is 4.90. The monoisotopic (exact) mass is 452 g/mol. The fraction of sp³-hybridized carbons (Fsp3) is 0.360. The molecule has 2 aromatic carbocycles. The van der Waals surface area contributed by atoms with E-state index < -0.39 is 12.1 Å². The van der Waals surface area contributed by atoms with Gasteiger partial charge < -0.3 is 20.4 Å². The number of phenols is 1. The van der Waals surface area contributed by atoms with Gasteiger partial charge in [-0.3, -0.25) is 4.79 Å². The quantitative estimate of drug-likeness (QED) is 0.559. The van der Waals surface area contributed by atoms with Gasteiger partial charge in [0.25, 0.3) is 0 Å². The third-order valence-electron chi connectivity index (χ3n) is 6.69. The number of hydrogen-bond acceptors (Lipinski definition) is 5. The Bertz CT molecular complexity index is 1170. The zero-order valence-corrected chi connectivity index (χ0v) is 18.6. The van der Waals surface area contributed by atoms with Crippen LogP contribution in [0.25, 0.3) is 5.70 Å². The van der Waals surface area contributed by atoms with Crippen LogP contribution in [0.3, 0.4) is 0 Å². The number of aromatic carboxylic acids is 1. The summed E-state index contributed by atoms with van der Waals surface area (Å²) < 4.78 is 0. The Morgan fingerprint density at radius 1 is 1.19 bits per heavy atom. The predicted molar refractivity (Wildman–Crippen MR) is 122 cm³/mol. The lowest BCUT2D eigenvalue weighted by Crippen LogP contribution is -2.45. The number of ketones is 1. The number of aryl methyl sites for hydroxylation is 1. The number of carboxylic acids is 1. The molecule has 1 unspecified atom stereocenters. The molecule has 1 atom stereocenters. The molecule has 0 radical (unpaired) electrons. The van der Waals surface area contributed by atoms with Crippen LogP contribution >= 0.6 is 11.6 Å². The summed E-state index contributed by atoms with van der Waals surface area (Å²) in [6, 6.07) is 8.64. The number of rotatable bonds is 5. The molecule has 0 amide bonds. The summed E-state index contributed by atoms with van der Waals surface area (Å²) in [5.41, 5.74) is 4.75. The van der Waals surface area contributed by atoms with E-state index in [1.807, 2.05) is 19.1 Å². The van der Waals surface area contributed by atoms with E-state index >= 15 is 0 Å². The van der Waals surface area contributed by atoms with Crippen molar-refractivity contribution in [3.8, 4) is 5.75 Å². The van der Waals surface area contributed by atoms with Gasteiger partial charge >= 0.3 is 5.97 Å². The van der Waals surface area contributed by atoms with Gasteiger partial charge in [-0.15, -0.1) is 0 Å². The standard InChI is InChI=1S/C25H25ClN2O4/c1-13-11-17(25(31)32)20(29)12-16(13)22-19-7-2-3-10-28(19)24(27-22)23(30)21-15(14-8-9-14)5-4-6-18(21)26/h4-6,11-12,14,24,27,29H,2-3,7-10H2,1H3,(H,31,32). The summed E-state index contributed by atoms with van der Waals surface area (Å²) in [7, 11) is 0. The van der Waals surface area contributed by atoms with E-state index in [1.165, 1.54) is 12.1 Å². The van der Waals surface area contributed by atoms with Crippen molar-refractivity contribution in [1.82, 2.24) is 10.2 Å². The van der Waals surface area contributed by atoms with Gasteiger partial charge in [0, 0.05) is 23.4 Å². The molecule has 3 aliphatic rings. The van der Waals surface area contributed by atoms with Gasteiger partial charge in [-0.25, -0.2) is 4.79 Å². The molecule has 1 saturated carbocycles. The number of aromatic hydroxyl groups is 1. The molecule has 3 N–H and O–H groups in total. The second kappa shape index (κ2) is 7.85. The van der Waals surface area contributed by atoms with E-state index in [4.69, 9.17) is 11.6 Å². The lowest BCUT2D eigenvalue weighted by atomic mass is 9.97. The number of carbonyl (C=O) groups excluding carboxylic acids is 1. The molecule has 5 rings (SSSR count). The molecule has 2 aromatic rings. The van der Waals surface area contributed by atoms with E-state index in [9.17, 15) is 19.8 Å². The van der Waals surface area contributed by atoms with Crippen molar-refractivity contribution >= 4 is 29.1 Å². The summed E-state index contributed by atoms with van der Waals surface area (Å²) in [6.07, 6.45) is 4.39. The molecule has 2 aliphatic heterocycles. The average molecular weight is 453 g/mol. The maximum Gasteiger partial charge on any atom is 0.339 e. The first-order valence-electron chi connectivity index (χ1n) is 11.0. The summed E-state index contributed by atoms with van der Waals surface area (Å²) in [5.74, 6) is -1.11. The maximum atomic E-state index is 13.8. The number of benzene rings is 2. The highest BCUT2D eigenvalue weighted by Gasteiger charge is 2.41. The number of allylic oxidation sites excluding steroid dienone is 1. The third kappa shape index (κ3) is 3.43. The molecule has 7 heteroatoms. The molecule has 6 nitrogen and oxygen atoms in total. The van der Waals surface area contributed by atoms with Crippen LogP contribution in [0.4, 0.5) is 0 Å². The minimum atomic E-state index is -1.17. The normalized spacial score (nSPS) is 20.2. The minimum Gasteiger partial charge on any atom is -0.507 e. The molecule has 0 spiro atoms. The smallest absolute Gasteiger partial charge is 0.339 e. The minimum absolute atomic E-state index is 0.0454. The van der Waals surface area contributed by atoms with Gasteiger partial charge in [0.2, 0.25) is 5.78 Å². The first-order valence-corrected chi connectivity index (χ1v) is 11.4. The van der Waals surface area contributed by atoms with Crippen LogP contribution in [0.15, 0.2) is 36.0 Å². The largest absolute Gasteiger partial charge is 0.507 e. The molecule has 0 bridgehead atoms. The van der Waals surface area contributed by atoms with Crippen LogP contribution < -0.4 is 5.32 Å². The van der Waals surface area contributed by atoms with Gasteiger partial charge in [0.05, 0.1) is 10.7 Å². The zero-order valence-electron chi connectivity index (χ0n) is 17.8. The van der Waals surface area contributed by atoms with E-state index in [0.29, 0.717) is 22.1 Å². The van der Waals surface area contributed by atoms with E-state index in [-0.39, 0.29) is 17.1 Å². The van der Waals surface area contributed by atoms with Crippen molar-refractivity contribution in [2.75, 3.05) is 6.54 Å². The lowest BCUT2D eigenvalue weighted by Gasteiger charge is -2.32. The highest BCUT2D eigenvalue weighted by Crippen LogP contribution is 2.44. The number of Topliss-reactive ketones (excluding diaryl/α,β-unsaturated/α-hetero) is 1. The van der Waals surface area contributed by atoms with Crippen molar-refractivity contribution in [1.29, 1.82) is 0 Å². The number of piperidine rings is 1. The fourth-order valence-electron chi connectivity index (χ4n) is 4.95. The van der Waals surface area contributed by atoms with E-state index in [0.717, 1.165) is 61.2 Å². The van der Waals surface area contributed by atoms with Crippen LogP contribution in [-0.4, -0.2) is 39.6 Å². The highest BCUT2D eigenvalue weighted by molar-refractivity contribution is 6.34. The topological polar surface area (TPSA) is 89.9 Å². The molecule has 2 heterocycles. The van der Waals surface area contributed by atoms with Gasteiger partial charge in [-0.1, -0.05) is 23.7 Å². The van der Waals surface area contributed by atoms with Gasteiger partial charge in [0.1, 0.15) is 11.3 Å². The molecule has 1 saturated heterocycles. The highest BCUT2D eigenvalue weighted by atomic mass is 35.5. The molecule has 1 aliphatic carbocycles. The molecule has 32 heavy (non-hydrogen) atoms. The van der Waals surface area contributed by atoms with E-state index in [1.54, 1.807) is 6.07 Å². The Kier molecular flexibility index (Phi) is 5.13. The van der Waals surface area contributed by atoms with Crippen molar-refractivity contribution in [3.63, 3.8) is 0 Å². The molecule has 166 valence electrons. The Labute approximate surface area is 191 Å². The number of nitrogens with one attached hydrogen (secondary N) is 1. The van der Waals surface area contributed by atoms with Crippen LogP contribution in [-0.2, 0) is 0 Å². The van der Waals surface area contributed by atoms with Crippen LogP contribution in [0.1, 0.15) is 75.4 Å². The molecular weight excluding hydrogens is 428 g/mol. The number of halogens is 1. The fourth-order valence-corrected chi connectivity index (χ4v) is 5.23. The lowest BCUT2D eigenvalue weighted by molar-refractivity contribution is 0.0693.